The van der Waals surface area contributed by atoms with Crippen molar-refractivity contribution in [2.24, 2.45) is 0 Å². The van der Waals surface area contributed by atoms with Gasteiger partial charge in [-0.05, 0) is 35.4 Å². The third-order valence-corrected chi connectivity index (χ3v) is 3.82. The fourth-order valence-electron chi connectivity index (χ4n) is 2.04. The highest BCUT2D eigenvalue weighted by atomic mass is 32.2. The van der Waals surface area contributed by atoms with Gasteiger partial charge in [-0.2, -0.15) is 0 Å². The molecule has 1 amide bonds. The molecule has 0 bridgehead atoms. The van der Waals surface area contributed by atoms with E-state index in [1.807, 2.05) is 0 Å². The van der Waals surface area contributed by atoms with Crippen LogP contribution in [0, 0.1) is 5.82 Å². The molecule has 0 aliphatic carbocycles. The lowest BCUT2D eigenvalue weighted by atomic mass is 10.1. The number of nitrogens with one attached hydrogen (secondary N) is 1. The van der Waals surface area contributed by atoms with Crippen LogP contribution in [0.2, 0.25) is 0 Å². The van der Waals surface area contributed by atoms with E-state index in [4.69, 9.17) is 0 Å². The van der Waals surface area contributed by atoms with Crippen molar-refractivity contribution in [3.8, 4) is 0 Å². The van der Waals surface area contributed by atoms with Gasteiger partial charge < -0.3 is 5.32 Å². The molecule has 2 aromatic rings. The molecule has 0 saturated carbocycles. The first-order valence-corrected chi connectivity index (χ1v) is 8.69. The van der Waals surface area contributed by atoms with E-state index >= 15 is 0 Å². The summed E-state index contributed by atoms with van der Waals surface area (Å²) in [5.41, 5.74) is 1.58. The molecular weight excluding hydrogens is 305 g/mol. The SMILES string of the molecule is CS(=O)(=O)Cc1cccc(C(=O)NCc2cccc(F)c2)c1. The number of sulfone groups is 1. The molecule has 0 aliphatic rings. The molecule has 22 heavy (non-hydrogen) atoms. The quantitative estimate of drug-likeness (QED) is 0.919. The average Bonchev–Trinajstić information content (AvgIpc) is 2.43. The third kappa shape index (κ3) is 4.96. The summed E-state index contributed by atoms with van der Waals surface area (Å²) in [4.78, 5) is 12.1. The van der Waals surface area contributed by atoms with Gasteiger partial charge in [-0.25, -0.2) is 12.8 Å². The number of hydrogen-bond acceptors (Lipinski definition) is 3. The first-order chi connectivity index (χ1) is 10.3. The van der Waals surface area contributed by atoms with Crippen LogP contribution in [0.1, 0.15) is 21.5 Å². The summed E-state index contributed by atoms with van der Waals surface area (Å²) in [6, 6.07) is 12.4. The first-order valence-electron chi connectivity index (χ1n) is 6.63. The second-order valence-electron chi connectivity index (χ2n) is 5.08. The van der Waals surface area contributed by atoms with E-state index in [-0.39, 0.29) is 24.0 Å². The van der Waals surface area contributed by atoms with Crippen LogP contribution >= 0.6 is 0 Å². The smallest absolute Gasteiger partial charge is 0.251 e. The van der Waals surface area contributed by atoms with Crippen molar-refractivity contribution in [3.05, 3.63) is 71.0 Å². The molecule has 0 radical (unpaired) electrons. The largest absolute Gasteiger partial charge is 0.348 e. The van der Waals surface area contributed by atoms with Crippen molar-refractivity contribution in [1.29, 1.82) is 0 Å². The summed E-state index contributed by atoms with van der Waals surface area (Å²) in [6.07, 6.45) is 1.14. The van der Waals surface area contributed by atoms with Crippen LogP contribution in [0.5, 0.6) is 0 Å². The number of rotatable bonds is 5. The fraction of sp³-hybridized carbons (Fsp3) is 0.188. The molecule has 1 N–H and O–H groups in total. The van der Waals surface area contributed by atoms with Gasteiger partial charge in [0.1, 0.15) is 5.82 Å². The van der Waals surface area contributed by atoms with Gasteiger partial charge >= 0.3 is 0 Å². The molecule has 0 aliphatic heterocycles. The summed E-state index contributed by atoms with van der Waals surface area (Å²) in [5.74, 6) is -0.806. The van der Waals surface area contributed by atoms with Crippen LogP contribution in [0.15, 0.2) is 48.5 Å². The lowest BCUT2D eigenvalue weighted by molar-refractivity contribution is 0.0950. The minimum absolute atomic E-state index is 0.113. The van der Waals surface area contributed by atoms with Crippen LogP contribution in [0.3, 0.4) is 0 Å². The van der Waals surface area contributed by atoms with Gasteiger partial charge in [-0.3, -0.25) is 4.79 Å². The van der Waals surface area contributed by atoms with Crippen molar-refractivity contribution in [2.75, 3.05) is 6.26 Å². The van der Waals surface area contributed by atoms with Gasteiger partial charge in [0.15, 0.2) is 9.84 Å². The van der Waals surface area contributed by atoms with Crippen LogP contribution < -0.4 is 5.32 Å². The molecule has 6 heteroatoms. The van der Waals surface area contributed by atoms with Crippen LogP contribution in [-0.4, -0.2) is 20.6 Å². The number of carbonyl (C=O) groups excluding carboxylic acids is 1. The molecule has 0 saturated heterocycles. The monoisotopic (exact) mass is 321 g/mol. The number of benzene rings is 2. The minimum Gasteiger partial charge on any atom is -0.348 e. The van der Waals surface area contributed by atoms with E-state index < -0.39 is 9.84 Å². The summed E-state index contributed by atoms with van der Waals surface area (Å²) >= 11 is 0. The number of amides is 1. The zero-order valence-electron chi connectivity index (χ0n) is 12.0. The highest BCUT2D eigenvalue weighted by Gasteiger charge is 2.09. The summed E-state index contributed by atoms with van der Waals surface area (Å²) in [7, 11) is -3.15. The van der Waals surface area contributed by atoms with E-state index in [2.05, 4.69) is 5.32 Å². The maximum absolute atomic E-state index is 13.1. The molecule has 0 unspecified atom stereocenters. The predicted octanol–water partition coefficient (Wildman–Crippen LogP) is 2.30. The molecular formula is C16H16FNO3S. The third-order valence-electron chi connectivity index (χ3n) is 2.96. The van der Waals surface area contributed by atoms with E-state index in [0.717, 1.165) is 6.26 Å². The summed E-state index contributed by atoms with van der Waals surface area (Å²) in [6.45, 7) is 0.201. The Labute approximate surface area is 128 Å². The maximum Gasteiger partial charge on any atom is 0.251 e. The lowest BCUT2D eigenvalue weighted by Crippen LogP contribution is -2.23. The van der Waals surface area contributed by atoms with Gasteiger partial charge in [0.05, 0.1) is 5.75 Å². The van der Waals surface area contributed by atoms with Gasteiger partial charge in [-0.1, -0.05) is 24.3 Å². The Morgan fingerprint density at radius 3 is 2.45 bits per heavy atom. The Morgan fingerprint density at radius 1 is 1.09 bits per heavy atom. The summed E-state index contributed by atoms with van der Waals surface area (Å²) < 4.78 is 35.6. The predicted molar refractivity (Wildman–Crippen MR) is 82.6 cm³/mol. The van der Waals surface area contributed by atoms with Crippen molar-refractivity contribution in [2.45, 2.75) is 12.3 Å². The molecule has 116 valence electrons. The van der Waals surface area contributed by atoms with E-state index in [1.54, 1.807) is 36.4 Å². The average molecular weight is 321 g/mol. The zero-order valence-corrected chi connectivity index (χ0v) is 12.9. The van der Waals surface area contributed by atoms with Gasteiger partial charge in [0.2, 0.25) is 0 Å². The van der Waals surface area contributed by atoms with Gasteiger partial charge in [-0.15, -0.1) is 0 Å². The van der Waals surface area contributed by atoms with Crippen LogP contribution in [0.4, 0.5) is 4.39 Å². The number of halogens is 1. The molecule has 0 spiro atoms. The Balaban J connectivity index is 2.05. The standard InChI is InChI=1S/C16H16FNO3S/c1-22(20,21)11-13-5-2-6-14(8-13)16(19)18-10-12-4-3-7-15(17)9-12/h2-9H,10-11H2,1H3,(H,18,19). The molecule has 0 atom stereocenters. The van der Waals surface area contributed by atoms with Crippen LogP contribution in [0.25, 0.3) is 0 Å². The van der Waals surface area contributed by atoms with Crippen molar-refractivity contribution in [1.82, 2.24) is 5.32 Å². The lowest BCUT2D eigenvalue weighted by Gasteiger charge is -2.07. The number of carbonyl (C=O) groups is 1. The Bertz CT molecular complexity index is 787. The zero-order chi connectivity index (χ0) is 16.2. The van der Waals surface area contributed by atoms with E-state index in [0.29, 0.717) is 16.7 Å². The Hall–Kier alpha value is -2.21. The fourth-order valence-corrected chi connectivity index (χ4v) is 2.82. The Kier molecular flexibility index (Phi) is 4.92. The van der Waals surface area contributed by atoms with Crippen molar-refractivity contribution in [3.63, 3.8) is 0 Å². The molecule has 2 aromatic carbocycles. The maximum atomic E-state index is 13.1. The topological polar surface area (TPSA) is 63.2 Å². The second kappa shape index (κ2) is 6.70. The molecule has 0 aromatic heterocycles. The number of hydrogen-bond donors (Lipinski definition) is 1. The molecule has 2 rings (SSSR count). The van der Waals surface area contributed by atoms with Crippen LogP contribution in [-0.2, 0) is 22.1 Å². The summed E-state index contributed by atoms with van der Waals surface area (Å²) in [5, 5.41) is 2.68. The normalized spacial score (nSPS) is 11.2. The van der Waals surface area contributed by atoms with Gasteiger partial charge in [0.25, 0.3) is 5.91 Å². The molecule has 4 nitrogen and oxygen atoms in total. The van der Waals surface area contributed by atoms with Crippen molar-refractivity contribution < 1.29 is 17.6 Å². The highest BCUT2D eigenvalue weighted by molar-refractivity contribution is 7.89. The van der Waals surface area contributed by atoms with E-state index in [9.17, 15) is 17.6 Å². The highest BCUT2D eigenvalue weighted by Crippen LogP contribution is 2.09. The van der Waals surface area contributed by atoms with E-state index in [1.165, 1.54) is 12.1 Å². The molecule has 0 heterocycles. The second-order valence-corrected chi connectivity index (χ2v) is 7.22. The minimum atomic E-state index is -3.15. The first kappa shape index (κ1) is 16.2. The van der Waals surface area contributed by atoms with Gasteiger partial charge in [0, 0.05) is 18.4 Å². The molecule has 0 fully saturated rings. The Morgan fingerprint density at radius 2 is 1.77 bits per heavy atom. The van der Waals surface area contributed by atoms with Crippen molar-refractivity contribution >= 4 is 15.7 Å².